The Morgan fingerprint density at radius 1 is 1.29 bits per heavy atom. The molecule has 3 nitrogen and oxygen atoms in total. The average Bonchev–Trinajstić information content (AvgIpc) is 2.76. The van der Waals surface area contributed by atoms with Gasteiger partial charge in [-0.1, -0.05) is 12.1 Å². The molecule has 3 rings (SSSR count). The Morgan fingerprint density at radius 2 is 2.10 bits per heavy atom. The van der Waals surface area contributed by atoms with Gasteiger partial charge in [-0.25, -0.2) is 0 Å². The number of nitrogens with two attached hydrogens (primary N) is 1. The van der Waals surface area contributed by atoms with E-state index in [9.17, 15) is 5.11 Å². The molecule has 3 N–H and O–H groups in total. The van der Waals surface area contributed by atoms with Crippen LogP contribution in [0.2, 0.25) is 0 Å². The normalized spacial score (nSPS) is 20.3. The molecular formula is C17H18BrNO2. The van der Waals surface area contributed by atoms with E-state index in [0.717, 1.165) is 45.4 Å². The summed E-state index contributed by atoms with van der Waals surface area (Å²) in [5, 5.41) is 11.0. The first-order chi connectivity index (χ1) is 10.0. The van der Waals surface area contributed by atoms with Gasteiger partial charge in [-0.15, -0.1) is 0 Å². The average molecular weight is 348 g/mol. The van der Waals surface area contributed by atoms with Gasteiger partial charge in [0.05, 0.1) is 17.2 Å². The fourth-order valence-corrected chi connectivity index (χ4v) is 3.68. The standard InChI is InChI=1S/C17H18BrNO2/c1-21-16-5-2-11(8-15(16)18)10-17(20)7-6-12-9-13(19)3-4-14(12)17/h2-5,8-9,20H,6-7,10,19H2,1H3. The van der Waals surface area contributed by atoms with Gasteiger partial charge in [-0.3, -0.25) is 0 Å². The number of methoxy groups -OCH3 is 1. The van der Waals surface area contributed by atoms with E-state index < -0.39 is 5.60 Å². The predicted octanol–water partition coefficient (Wildman–Crippen LogP) is 3.42. The maximum Gasteiger partial charge on any atom is 0.133 e. The number of aliphatic hydroxyl groups is 1. The van der Waals surface area contributed by atoms with Gasteiger partial charge in [0.25, 0.3) is 0 Å². The molecule has 0 bridgehead atoms. The minimum atomic E-state index is -0.808. The number of nitrogen functional groups attached to an aromatic ring is 1. The molecule has 2 aromatic rings. The summed E-state index contributed by atoms with van der Waals surface area (Å²) in [6.07, 6.45) is 2.19. The smallest absolute Gasteiger partial charge is 0.133 e. The lowest BCUT2D eigenvalue weighted by molar-refractivity contribution is 0.0389. The quantitative estimate of drug-likeness (QED) is 0.836. The van der Waals surface area contributed by atoms with E-state index in [1.807, 2.05) is 36.4 Å². The van der Waals surface area contributed by atoms with Crippen LogP contribution in [0, 0.1) is 0 Å². The number of ether oxygens (including phenoxy) is 1. The molecule has 1 atom stereocenters. The molecule has 0 saturated carbocycles. The molecule has 0 fully saturated rings. The molecule has 0 spiro atoms. The molecule has 4 heteroatoms. The molecule has 0 amide bonds. The van der Waals surface area contributed by atoms with E-state index in [1.54, 1.807) is 7.11 Å². The van der Waals surface area contributed by atoms with Crippen molar-refractivity contribution in [3.63, 3.8) is 0 Å². The summed E-state index contributed by atoms with van der Waals surface area (Å²) in [5.41, 5.74) is 9.01. The lowest BCUT2D eigenvalue weighted by Crippen LogP contribution is -2.25. The minimum absolute atomic E-state index is 0.590. The SMILES string of the molecule is COc1ccc(CC2(O)CCc3cc(N)ccc32)cc1Br. The summed E-state index contributed by atoms with van der Waals surface area (Å²) in [6.45, 7) is 0. The van der Waals surface area contributed by atoms with Crippen molar-refractivity contribution >= 4 is 21.6 Å². The van der Waals surface area contributed by atoms with Crippen LogP contribution in [0.25, 0.3) is 0 Å². The Labute approximate surface area is 132 Å². The van der Waals surface area contributed by atoms with E-state index in [2.05, 4.69) is 15.9 Å². The zero-order valence-corrected chi connectivity index (χ0v) is 13.5. The second kappa shape index (κ2) is 5.35. The third kappa shape index (κ3) is 2.65. The zero-order chi connectivity index (χ0) is 15.0. The largest absolute Gasteiger partial charge is 0.496 e. The van der Waals surface area contributed by atoms with E-state index in [1.165, 1.54) is 0 Å². The van der Waals surface area contributed by atoms with Crippen LogP contribution in [0.15, 0.2) is 40.9 Å². The Morgan fingerprint density at radius 3 is 2.81 bits per heavy atom. The fraction of sp³-hybridized carbons (Fsp3) is 0.294. The second-order valence-corrected chi connectivity index (χ2v) is 6.45. The number of halogens is 1. The zero-order valence-electron chi connectivity index (χ0n) is 11.9. The van der Waals surface area contributed by atoms with Crippen molar-refractivity contribution < 1.29 is 9.84 Å². The van der Waals surface area contributed by atoms with Gasteiger partial charge >= 0.3 is 0 Å². The van der Waals surface area contributed by atoms with Gasteiger partial charge in [-0.05, 0) is 69.7 Å². The van der Waals surface area contributed by atoms with E-state index >= 15 is 0 Å². The number of hydrogen-bond acceptors (Lipinski definition) is 3. The number of aryl methyl sites for hydroxylation is 1. The fourth-order valence-electron chi connectivity index (χ4n) is 3.09. The van der Waals surface area contributed by atoms with Gasteiger partial charge in [0, 0.05) is 12.1 Å². The Balaban J connectivity index is 1.90. The van der Waals surface area contributed by atoms with Gasteiger partial charge in [0.2, 0.25) is 0 Å². The maximum atomic E-state index is 11.0. The van der Waals surface area contributed by atoms with E-state index in [0.29, 0.717) is 6.42 Å². The van der Waals surface area contributed by atoms with Crippen molar-refractivity contribution in [2.45, 2.75) is 24.9 Å². The van der Waals surface area contributed by atoms with Gasteiger partial charge in [-0.2, -0.15) is 0 Å². The third-order valence-corrected chi connectivity index (χ3v) is 4.77. The van der Waals surface area contributed by atoms with E-state index in [4.69, 9.17) is 10.5 Å². The van der Waals surface area contributed by atoms with Gasteiger partial charge in [0.15, 0.2) is 0 Å². The van der Waals surface area contributed by atoms with E-state index in [-0.39, 0.29) is 0 Å². The summed E-state index contributed by atoms with van der Waals surface area (Å²) in [5.74, 6) is 0.797. The van der Waals surface area contributed by atoms with Crippen molar-refractivity contribution in [3.05, 3.63) is 57.6 Å². The van der Waals surface area contributed by atoms with Crippen LogP contribution in [-0.4, -0.2) is 12.2 Å². The van der Waals surface area contributed by atoms with Crippen molar-refractivity contribution in [2.24, 2.45) is 0 Å². The van der Waals surface area contributed by atoms with Crippen LogP contribution in [0.4, 0.5) is 5.69 Å². The van der Waals surface area contributed by atoms with Gasteiger partial charge < -0.3 is 15.6 Å². The molecular weight excluding hydrogens is 330 g/mol. The molecule has 0 radical (unpaired) electrons. The summed E-state index contributed by atoms with van der Waals surface area (Å²) >= 11 is 3.49. The number of rotatable bonds is 3. The summed E-state index contributed by atoms with van der Waals surface area (Å²) in [7, 11) is 1.64. The van der Waals surface area contributed by atoms with Crippen LogP contribution in [0.3, 0.4) is 0 Å². The van der Waals surface area contributed by atoms with Gasteiger partial charge in [0.1, 0.15) is 5.75 Å². The van der Waals surface area contributed by atoms with Crippen LogP contribution >= 0.6 is 15.9 Å². The molecule has 0 saturated heterocycles. The topological polar surface area (TPSA) is 55.5 Å². The van der Waals surface area contributed by atoms with Crippen molar-refractivity contribution in [2.75, 3.05) is 12.8 Å². The molecule has 1 aliphatic rings. The van der Waals surface area contributed by atoms with Crippen LogP contribution in [-0.2, 0) is 18.4 Å². The number of anilines is 1. The van der Waals surface area contributed by atoms with Crippen molar-refractivity contribution in [3.8, 4) is 5.75 Å². The number of benzene rings is 2. The highest BCUT2D eigenvalue weighted by molar-refractivity contribution is 9.10. The summed E-state index contributed by atoms with van der Waals surface area (Å²) < 4.78 is 6.15. The molecule has 110 valence electrons. The predicted molar refractivity (Wildman–Crippen MR) is 87.5 cm³/mol. The number of fused-ring (bicyclic) bond motifs is 1. The lowest BCUT2D eigenvalue weighted by atomic mass is 9.88. The van der Waals surface area contributed by atoms with Crippen LogP contribution in [0.5, 0.6) is 5.75 Å². The molecule has 1 aliphatic carbocycles. The molecule has 0 aromatic heterocycles. The molecule has 21 heavy (non-hydrogen) atoms. The molecule has 1 unspecified atom stereocenters. The molecule has 0 heterocycles. The first-order valence-corrected chi connectivity index (χ1v) is 7.75. The maximum absolute atomic E-state index is 11.0. The first kappa shape index (κ1) is 14.4. The summed E-state index contributed by atoms with van der Waals surface area (Å²) in [6, 6.07) is 11.7. The monoisotopic (exact) mass is 347 g/mol. The summed E-state index contributed by atoms with van der Waals surface area (Å²) in [4.78, 5) is 0. The second-order valence-electron chi connectivity index (χ2n) is 5.59. The highest BCUT2D eigenvalue weighted by atomic mass is 79.9. The Bertz CT molecular complexity index is 686. The lowest BCUT2D eigenvalue weighted by Gasteiger charge is -2.24. The Hall–Kier alpha value is -1.52. The van der Waals surface area contributed by atoms with Crippen molar-refractivity contribution in [1.82, 2.24) is 0 Å². The molecule has 2 aromatic carbocycles. The minimum Gasteiger partial charge on any atom is -0.496 e. The highest BCUT2D eigenvalue weighted by Crippen LogP contribution is 2.40. The highest BCUT2D eigenvalue weighted by Gasteiger charge is 2.36. The van der Waals surface area contributed by atoms with Crippen LogP contribution in [0.1, 0.15) is 23.1 Å². The Kier molecular flexibility index (Phi) is 3.68. The number of hydrogen-bond donors (Lipinski definition) is 2. The van der Waals surface area contributed by atoms with Crippen molar-refractivity contribution in [1.29, 1.82) is 0 Å². The molecule has 0 aliphatic heterocycles. The van der Waals surface area contributed by atoms with Crippen LogP contribution < -0.4 is 10.5 Å². The first-order valence-electron chi connectivity index (χ1n) is 6.95. The third-order valence-electron chi connectivity index (χ3n) is 4.15.